The van der Waals surface area contributed by atoms with E-state index in [2.05, 4.69) is 4.52 Å². The molecule has 0 fully saturated rings. The Morgan fingerprint density at radius 2 is 1.79 bits per heavy atom. The highest BCUT2D eigenvalue weighted by Gasteiger charge is 2.27. The Labute approximate surface area is 84.5 Å². The maximum absolute atomic E-state index is 11.0. The average Bonchev–Trinajstić information content (AvgIpc) is 1.98. The lowest BCUT2D eigenvalue weighted by atomic mass is 10.5. The minimum absolute atomic E-state index is 0.0520. The molecule has 8 heteroatoms. The van der Waals surface area contributed by atoms with Crippen LogP contribution in [0.25, 0.3) is 0 Å². The Hall–Kier alpha value is 0.0400. The molecule has 0 aromatic heterocycles. The third-order valence-electron chi connectivity index (χ3n) is 0.982. The maximum Gasteiger partial charge on any atom is 0.697 e. The highest BCUT2D eigenvalue weighted by atomic mass is 31.1. The fraction of sp³-hybridized carbons (Fsp3) is 1.00. The van der Waals surface area contributed by atoms with Crippen molar-refractivity contribution < 1.29 is 27.6 Å². The van der Waals surface area contributed by atoms with Gasteiger partial charge in [0.2, 0.25) is 0 Å². The van der Waals surface area contributed by atoms with Crippen molar-refractivity contribution in [1.82, 2.24) is 0 Å². The molecule has 0 aromatic carbocycles. The molecule has 0 rings (SSSR count). The van der Waals surface area contributed by atoms with Gasteiger partial charge in [0.05, 0.1) is 0 Å². The molecule has 82 valence electrons. The van der Waals surface area contributed by atoms with Crippen LogP contribution in [0.1, 0.15) is 20.8 Å². The molecule has 0 aliphatic carbocycles. The van der Waals surface area contributed by atoms with E-state index in [1.54, 1.807) is 13.8 Å². The molecule has 0 radical (unpaired) electrons. The molecule has 6 nitrogen and oxygen atoms in total. The second-order valence-corrected chi connectivity index (χ2v) is 4.43. The van der Waals surface area contributed by atoms with E-state index in [0.29, 0.717) is 0 Å². The van der Waals surface area contributed by atoms with Crippen LogP contribution < -0.4 is 0 Å². The Morgan fingerprint density at radius 1 is 1.21 bits per heavy atom. The van der Waals surface area contributed by atoms with Gasteiger partial charge < -0.3 is 0 Å². The van der Waals surface area contributed by atoms with Gasteiger partial charge in [-0.2, -0.15) is 0 Å². The summed E-state index contributed by atoms with van der Waals surface area (Å²) in [7, 11) is -4.84. The normalized spacial score (nSPS) is 15.5. The molecule has 0 heterocycles. The standard InChI is InChI=1S/C6H13O6P2/c1-5(2)11-14(9)10-4-6(3)12-13(7)8/h5-6H,4H2,1-3H3/q+1/p+1. The lowest BCUT2D eigenvalue weighted by Gasteiger charge is -1.97. The van der Waals surface area contributed by atoms with E-state index >= 15 is 0 Å². The second-order valence-electron chi connectivity index (χ2n) is 2.83. The first-order valence-electron chi connectivity index (χ1n) is 4.01. The Kier molecular flexibility index (Phi) is 7.37. The topological polar surface area (TPSA) is 82.1 Å². The molecule has 0 aliphatic heterocycles. The summed E-state index contributed by atoms with van der Waals surface area (Å²) in [5.41, 5.74) is 0. The summed E-state index contributed by atoms with van der Waals surface area (Å²) in [5.74, 6) is 0. The zero-order chi connectivity index (χ0) is 11.1. The third-order valence-corrected chi connectivity index (χ3v) is 2.48. The third kappa shape index (κ3) is 8.63. The van der Waals surface area contributed by atoms with Crippen molar-refractivity contribution in [1.29, 1.82) is 0 Å². The summed E-state index contributed by atoms with van der Waals surface area (Å²) in [6, 6.07) is 0. The van der Waals surface area contributed by atoms with E-state index in [9.17, 15) is 9.13 Å². The predicted molar refractivity (Wildman–Crippen MR) is 50.2 cm³/mol. The van der Waals surface area contributed by atoms with Gasteiger partial charge in [-0.05, 0) is 20.8 Å². The Bertz CT molecular complexity index is 206. The van der Waals surface area contributed by atoms with Crippen molar-refractivity contribution in [2.45, 2.75) is 33.0 Å². The van der Waals surface area contributed by atoms with E-state index in [1.807, 2.05) is 0 Å². The maximum atomic E-state index is 11.0. The van der Waals surface area contributed by atoms with E-state index < -0.39 is 22.6 Å². The van der Waals surface area contributed by atoms with Gasteiger partial charge in [-0.3, -0.25) is 0 Å². The number of hydrogen-bond acceptors (Lipinski definition) is 5. The molecule has 0 aromatic rings. The highest BCUT2D eigenvalue weighted by molar-refractivity contribution is 7.33. The van der Waals surface area contributed by atoms with Crippen LogP contribution in [0.2, 0.25) is 0 Å². The van der Waals surface area contributed by atoms with E-state index in [-0.39, 0.29) is 12.7 Å². The van der Waals surface area contributed by atoms with Gasteiger partial charge in [0.1, 0.15) is 18.8 Å². The van der Waals surface area contributed by atoms with Gasteiger partial charge in [0.15, 0.2) is 0 Å². The van der Waals surface area contributed by atoms with Gasteiger partial charge in [-0.25, -0.2) is 0 Å². The van der Waals surface area contributed by atoms with Crippen molar-refractivity contribution in [2.24, 2.45) is 0 Å². The van der Waals surface area contributed by atoms with Crippen molar-refractivity contribution in [2.75, 3.05) is 6.61 Å². The average molecular weight is 244 g/mol. The lowest BCUT2D eigenvalue weighted by Crippen LogP contribution is -2.10. The molecule has 14 heavy (non-hydrogen) atoms. The van der Waals surface area contributed by atoms with Crippen LogP contribution in [0, 0.1) is 0 Å². The molecule has 3 atom stereocenters. The summed E-state index contributed by atoms with van der Waals surface area (Å²) < 4.78 is 35.2. The first kappa shape index (κ1) is 14.0. The zero-order valence-electron chi connectivity index (χ0n) is 8.24. The molecular formula is C6H14O6P2+2. The number of rotatable bonds is 7. The molecule has 0 bridgehead atoms. The van der Waals surface area contributed by atoms with Crippen LogP contribution in [-0.4, -0.2) is 23.7 Å². The first-order chi connectivity index (χ1) is 6.41. The van der Waals surface area contributed by atoms with Crippen LogP contribution >= 0.6 is 16.5 Å². The molecule has 0 saturated heterocycles. The smallest absolute Gasteiger partial charge is 0.133 e. The van der Waals surface area contributed by atoms with Gasteiger partial charge in [0.25, 0.3) is 0 Å². The quantitative estimate of drug-likeness (QED) is 0.691. The largest absolute Gasteiger partial charge is 0.697 e. The molecule has 0 saturated carbocycles. The SMILES string of the molecule is CC(C)O[P+](=O)OCC(C)O[P+](=O)O. The van der Waals surface area contributed by atoms with Gasteiger partial charge in [-0.1, -0.05) is 0 Å². The fourth-order valence-corrected chi connectivity index (χ4v) is 1.66. The molecular weight excluding hydrogens is 230 g/mol. The van der Waals surface area contributed by atoms with Gasteiger partial charge >= 0.3 is 16.5 Å². The summed E-state index contributed by atoms with van der Waals surface area (Å²) in [6.45, 7) is 4.92. The molecule has 0 spiro atoms. The second kappa shape index (κ2) is 7.35. The van der Waals surface area contributed by atoms with Gasteiger partial charge in [0, 0.05) is 9.13 Å². The summed E-state index contributed by atoms with van der Waals surface area (Å²) in [6.07, 6.45) is -0.789. The fourth-order valence-electron chi connectivity index (χ4n) is 0.553. The lowest BCUT2D eigenvalue weighted by molar-refractivity contribution is 0.117. The summed E-state index contributed by atoms with van der Waals surface area (Å²) in [4.78, 5) is 8.36. The van der Waals surface area contributed by atoms with Crippen molar-refractivity contribution in [3.8, 4) is 0 Å². The minimum Gasteiger partial charge on any atom is -0.133 e. The van der Waals surface area contributed by atoms with Crippen LogP contribution in [0.15, 0.2) is 0 Å². The summed E-state index contributed by atoms with van der Waals surface area (Å²) in [5, 5.41) is 0. The van der Waals surface area contributed by atoms with E-state index in [0.717, 1.165) is 0 Å². The zero-order valence-corrected chi connectivity index (χ0v) is 10.0. The van der Waals surface area contributed by atoms with Crippen LogP contribution in [0.5, 0.6) is 0 Å². The number of hydrogen-bond donors (Lipinski definition) is 1. The van der Waals surface area contributed by atoms with E-state index in [4.69, 9.17) is 13.9 Å². The molecule has 0 aliphatic rings. The van der Waals surface area contributed by atoms with Crippen LogP contribution in [-0.2, 0) is 22.7 Å². The Balaban J connectivity index is 3.61. The first-order valence-corrected chi connectivity index (χ1v) is 6.24. The minimum atomic E-state index is -2.65. The monoisotopic (exact) mass is 244 g/mol. The van der Waals surface area contributed by atoms with Crippen molar-refractivity contribution in [3.63, 3.8) is 0 Å². The van der Waals surface area contributed by atoms with Gasteiger partial charge in [-0.15, -0.1) is 18.5 Å². The van der Waals surface area contributed by atoms with E-state index in [1.165, 1.54) is 6.92 Å². The van der Waals surface area contributed by atoms with Crippen LogP contribution in [0.4, 0.5) is 0 Å². The highest BCUT2D eigenvalue weighted by Crippen LogP contribution is 2.27. The van der Waals surface area contributed by atoms with Crippen molar-refractivity contribution >= 4 is 16.5 Å². The molecule has 0 amide bonds. The predicted octanol–water partition coefficient (Wildman–Crippen LogP) is 2.14. The summed E-state index contributed by atoms with van der Waals surface area (Å²) >= 11 is 0. The van der Waals surface area contributed by atoms with Crippen molar-refractivity contribution in [3.05, 3.63) is 0 Å². The Morgan fingerprint density at radius 3 is 2.21 bits per heavy atom. The van der Waals surface area contributed by atoms with Crippen LogP contribution in [0.3, 0.4) is 0 Å². The molecule has 1 N–H and O–H groups in total. The molecule has 3 unspecified atom stereocenters.